The maximum absolute atomic E-state index is 12.5. The second kappa shape index (κ2) is 5.45. The third kappa shape index (κ3) is 2.57. The minimum Gasteiger partial charge on any atom is -0.363 e. The summed E-state index contributed by atoms with van der Waals surface area (Å²) in [7, 11) is -3.40. The number of halogens is 1. The van der Waals surface area contributed by atoms with Crippen molar-refractivity contribution in [1.82, 2.24) is 9.29 Å². The number of aromatic amines is 1. The number of thioether (sulfide) groups is 1. The lowest BCUT2D eigenvalue weighted by Gasteiger charge is -2.36. The van der Waals surface area contributed by atoms with E-state index in [4.69, 9.17) is 11.6 Å². The molecule has 1 aromatic heterocycles. The van der Waals surface area contributed by atoms with E-state index < -0.39 is 10.0 Å². The van der Waals surface area contributed by atoms with Gasteiger partial charge >= 0.3 is 0 Å². The first kappa shape index (κ1) is 14.2. The molecule has 1 aromatic rings. The molecule has 0 radical (unpaired) electrons. The van der Waals surface area contributed by atoms with Gasteiger partial charge in [0, 0.05) is 35.5 Å². The average molecular weight is 309 g/mol. The summed E-state index contributed by atoms with van der Waals surface area (Å²) < 4.78 is 26.6. The number of alkyl halides is 1. The van der Waals surface area contributed by atoms with Gasteiger partial charge in [0.15, 0.2) is 0 Å². The van der Waals surface area contributed by atoms with Gasteiger partial charge in [-0.15, -0.1) is 11.6 Å². The Morgan fingerprint density at radius 2 is 2.28 bits per heavy atom. The first-order chi connectivity index (χ1) is 8.46. The summed E-state index contributed by atoms with van der Waals surface area (Å²) in [6.07, 6.45) is 1.52. The van der Waals surface area contributed by atoms with Crippen LogP contribution in [0.4, 0.5) is 0 Å². The largest absolute Gasteiger partial charge is 0.363 e. The van der Waals surface area contributed by atoms with E-state index in [1.807, 2.05) is 18.7 Å². The van der Waals surface area contributed by atoms with Crippen molar-refractivity contribution in [3.63, 3.8) is 0 Å². The predicted octanol–water partition coefficient (Wildman–Crippen LogP) is 2.27. The molecule has 18 heavy (non-hydrogen) atoms. The molecule has 0 spiro atoms. The van der Waals surface area contributed by atoms with Gasteiger partial charge < -0.3 is 4.98 Å². The Morgan fingerprint density at radius 1 is 1.56 bits per heavy atom. The molecule has 2 rings (SSSR count). The van der Waals surface area contributed by atoms with E-state index in [0.29, 0.717) is 16.7 Å². The Hall–Kier alpha value is -0.170. The van der Waals surface area contributed by atoms with Crippen molar-refractivity contribution >= 4 is 33.4 Å². The molecule has 0 amide bonds. The third-order valence-electron chi connectivity index (χ3n) is 3.29. The zero-order chi connectivity index (χ0) is 13.3. The summed E-state index contributed by atoms with van der Waals surface area (Å²) in [5.41, 5.74) is 0.724. The lowest BCUT2D eigenvalue weighted by Crippen LogP contribution is -2.47. The molecule has 0 saturated carbocycles. The summed E-state index contributed by atoms with van der Waals surface area (Å²) >= 11 is 7.50. The highest BCUT2D eigenvalue weighted by atomic mass is 35.5. The van der Waals surface area contributed by atoms with Crippen LogP contribution in [0.5, 0.6) is 0 Å². The van der Waals surface area contributed by atoms with Gasteiger partial charge in [0.25, 0.3) is 0 Å². The highest BCUT2D eigenvalue weighted by Crippen LogP contribution is 2.29. The zero-order valence-corrected chi connectivity index (χ0v) is 12.8. The van der Waals surface area contributed by atoms with Crippen molar-refractivity contribution in [2.75, 3.05) is 12.3 Å². The smallest absolute Gasteiger partial charge is 0.244 e. The van der Waals surface area contributed by atoms with E-state index >= 15 is 0 Å². The number of sulfonamides is 1. The van der Waals surface area contributed by atoms with E-state index in [9.17, 15) is 8.42 Å². The molecule has 2 unspecified atom stereocenters. The molecule has 0 aliphatic carbocycles. The fraction of sp³-hybridized carbons (Fsp3) is 0.636. The van der Waals surface area contributed by atoms with E-state index in [2.05, 4.69) is 11.9 Å². The maximum Gasteiger partial charge on any atom is 0.244 e. The van der Waals surface area contributed by atoms with Gasteiger partial charge in [0.1, 0.15) is 0 Å². The first-order valence-corrected chi connectivity index (χ1v) is 8.86. The van der Waals surface area contributed by atoms with Crippen LogP contribution < -0.4 is 0 Å². The number of rotatable bonds is 3. The van der Waals surface area contributed by atoms with Gasteiger partial charge in [-0.3, -0.25) is 0 Å². The SMILES string of the molecule is CC1SCCN(S(=O)(=O)c2c[nH]c(CCl)c2)C1C. The topological polar surface area (TPSA) is 53.2 Å². The Labute approximate surface area is 117 Å². The monoisotopic (exact) mass is 308 g/mol. The number of nitrogens with one attached hydrogen (secondary N) is 1. The van der Waals surface area contributed by atoms with Crippen LogP contribution in [-0.4, -0.2) is 41.3 Å². The molecular formula is C11H17ClN2O2S2. The van der Waals surface area contributed by atoms with Gasteiger partial charge in [-0.1, -0.05) is 6.92 Å². The van der Waals surface area contributed by atoms with Crippen molar-refractivity contribution in [2.24, 2.45) is 0 Å². The molecule has 1 aliphatic heterocycles. The molecule has 0 aromatic carbocycles. The highest BCUT2D eigenvalue weighted by molar-refractivity contribution is 8.00. The molecular weight excluding hydrogens is 292 g/mol. The van der Waals surface area contributed by atoms with Gasteiger partial charge in [0.05, 0.1) is 10.8 Å². The van der Waals surface area contributed by atoms with E-state index in [1.165, 1.54) is 6.20 Å². The maximum atomic E-state index is 12.5. The number of hydrogen-bond acceptors (Lipinski definition) is 3. The van der Waals surface area contributed by atoms with Crippen molar-refractivity contribution in [2.45, 2.75) is 35.9 Å². The van der Waals surface area contributed by atoms with Crippen LogP contribution in [-0.2, 0) is 15.9 Å². The lowest BCUT2D eigenvalue weighted by atomic mass is 10.2. The number of hydrogen-bond donors (Lipinski definition) is 1. The normalized spacial score (nSPS) is 26.4. The summed E-state index contributed by atoms with van der Waals surface area (Å²) in [6, 6.07) is 1.63. The highest BCUT2D eigenvalue weighted by Gasteiger charge is 2.35. The molecule has 1 aliphatic rings. The Balaban J connectivity index is 2.30. The summed E-state index contributed by atoms with van der Waals surface area (Å²) in [5, 5.41) is 0.319. The van der Waals surface area contributed by atoms with Crippen molar-refractivity contribution in [3.8, 4) is 0 Å². The van der Waals surface area contributed by atoms with Crippen LogP contribution in [0, 0.1) is 0 Å². The fourth-order valence-electron chi connectivity index (χ4n) is 2.03. The first-order valence-electron chi connectivity index (χ1n) is 5.83. The van der Waals surface area contributed by atoms with Crippen molar-refractivity contribution in [1.29, 1.82) is 0 Å². The number of nitrogens with zero attached hydrogens (tertiary/aromatic N) is 1. The average Bonchev–Trinajstić information content (AvgIpc) is 2.81. The Kier molecular flexibility index (Phi) is 4.31. The fourth-order valence-corrected chi connectivity index (χ4v) is 5.19. The molecule has 0 bridgehead atoms. The zero-order valence-electron chi connectivity index (χ0n) is 10.4. The number of aromatic nitrogens is 1. The molecule has 1 fully saturated rings. The van der Waals surface area contributed by atoms with Crippen LogP contribution in [0.3, 0.4) is 0 Å². The summed E-state index contributed by atoms with van der Waals surface area (Å²) in [6.45, 7) is 4.60. The molecule has 1 N–H and O–H groups in total. The molecule has 4 nitrogen and oxygen atoms in total. The van der Waals surface area contributed by atoms with Crippen LogP contribution in [0.2, 0.25) is 0 Å². The number of H-pyrrole nitrogens is 1. The third-order valence-corrected chi connectivity index (χ3v) is 6.88. The lowest BCUT2D eigenvalue weighted by molar-refractivity contribution is 0.340. The van der Waals surface area contributed by atoms with Gasteiger partial charge in [-0.05, 0) is 13.0 Å². The van der Waals surface area contributed by atoms with Gasteiger partial charge in [0.2, 0.25) is 10.0 Å². The minimum atomic E-state index is -3.40. The van der Waals surface area contributed by atoms with E-state index in [-0.39, 0.29) is 11.9 Å². The molecule has 102 valence electrons. The van der Waals surface area contributed by atoms with Crippen molar-refractivity contribution in [3.05, 3.63) is 18.0 Å². The van der Waals surface area contributed by atoms with Crippen LogP contribution in [0.15, 0.2) is 17.2 Å². The summed E-state index contributed by atoms with van der Waals surface area (Å²) in [5.74, 6) is 1.13. The molecule has 2 heterocycles. The van der Waals surface area contributed by atoms with Crippen LogP contribution >= 0.6 is 23.4 Å². The molecule has 2 atom stereocenters. The Morgan fingerprint density at radius 3 is 2.89 bits per heavy atom. The van der Waals surface area contributed by atoms with E-state index in [1.54, 1.807) is 10.4 Å². The standard InChI is InChI=1S/C11H17ClN2O2S2/c1-8-9(2)17-4-3-14(8)18(15,16)11-5-10(6-12)13-7-11/h5,7-9,13H,3-4,6H2,1-2H3. The van der Waals surface area contributed by atoms with Crippen molar-refractivity contribution < 1.29 is 8.42 Å². The second-order valence-electron chi connectivity index (χ2n) is 4.43. The minimum absolute atomic E-state index is 0.0168. The van der Waals surface area contributed by atoms with Crippen LogP contribution in [0.25, 0.3) is 0 Å². The molecule has 1 saturated heterocycles. The van der Waals surface area contributed by atoms with Gasteiger partial charge in [-0.2, -0.15) is 16.1 Å². The quantitative estimate of drug-likeness (QED) is 0.872. The van der Waals surface area contributed by atoms with Gasteiger partial charge in [-0.25, -0.2) is 8.42 Å². The summed E-state index contributed by atoms with van der Waals surface area (Å²) in [4.78, 5) is 3.19. The second-order valence-corrected chi connectivity index (χ2v) is 8.07. The van der Waals surface area contributed by atoms with E-state index in [0.717, 1.165) is 11.4 Å². The Bertz CT molecular complexity index is 515. The molecule has 7 heteroatoms. The predicted molar refractivity (Wildman–Crippen MR) is 75.6 cm³/mol. The van der Waals surface area contributed by atoms with Crippen LogP contribution in [0.1, 0.15) is 19.5 Å².